The van der Waals surface area contributed by atoms with E-state index < -0.39 is 20.8 Å². The maximum atomic E-state index is 12.5. The molecule has 0 saturated carbocycles. The fraction of sp³-hybridized carbons (Fsp3) is 0. The summed E-state index contributed by atoms with van der Waals surface area (Å²) in [6.45, 7) is 0. The molecule has 3 heterocycles. The molecular weight excluding hydrogens is 384 g/mol. The molecule has 1 aromatic carbocycles. The number of hydrogen-bond acceptors (Lipinski definition) is 7. The molecule has 0 aliphatic heterocycles. The third-order valence-electron chi connectivity index (χ3n) is 3.61. The Morgan fingerprint density at radius 3 is 2.85 bits per heavy atom. The predicted octanol–water partition coefficient (Wildman–Crippen LogP) is 1.91. The van der Waals surface area contributed by atoms with Gasteiger partial charge in [0.2, 0.25) is 5.09 Å². The highest BCUT2D eigenvalue weighted by Gasteiger charge is 2.11. The van der Waals surface area contributed by atoms with Gasteiger partial charge in [-0.25, -0.2) is 13.4 Å². The number of nitrogens with one attached hydrogen (secondary N) is 1. The summed E-state index contributed by atoms with van der Waals surface area (Å²) in [5.41, 5.74) is 0.926. The van der Waals surface area contributed by atoms with Crippen molar-refractivity contribution in [3.8, 4) is 0 Å². The molecule has 0 bridgehead atoms. The van der Waals surface area contributed by atoms with E-state index in [1.165, 1.54) is 12.4 Å². The minimum atomic E-state index is -4.70. The van der Waals surface area contributed by atoms with Crippen LogP contribution in [-0.2, 0) is 10.1 Å². The van der Waals surface area contributed by atoms with Crippen LogP contribution in [0, 0.1) is 0 Å². The van der Waals surface area contributed by atoms with Crippen molar-refractivity contribution < 1.29 is 17.4 Å². The molecule has 4 rings (SSSR count). The van der Waals surface area contributed by atoms with Crippen molar-refractivity contribution in [3.63, 3.8) is 0 Å². The Bertz CT molecular complexity index is 1350. The van der Waals surface area contributed by atoms with Crippen LogP contribution in [0.5, 0.6) is 0 Å². The zero-order valence-corrected chi connectivity index (χ0v) is 14.3. The lowest BCUT2D eigenvalue weighted by atomic mass is 10.2. The number of nitrogens with zero attached hydrogens (tertiary/aromatic N) is 3. The summed E-state index contributed by atoms with van der Waals surface area (Å²) in [7, 11) is -4.70. The first kappa shape index (κ1) is 16.5. The quantitative estimate of drug-likeness (QED) is 0.419. The zero-order valence-electron chi connectivity index (χ0n) is 12.7. The van der Waals surface area contributed by atoms with Gasteiger partial charge in [-0.3, -0.25) is 4.79 Å². The average Bonchev–Trinajstić information content (AvgIpc) is 3.19. The minimum Gasteiger partial charge on any atom is -0.742 e. The van der Waals surface area contributed by atoms with Crippen molar-refractivity contribution in [2.45, 2.75) is 5.09 Å². The number of aromatic nitrogens is 3. The van der Waals surface area contributed by atoms with Gasteiger partial charge in [-0.15, -0.1) is 0 Å². The fourth-order valence-electron chi connectivity index (χ4n) is 2.46. The van der Waals surface area contributed by atoms with Gasteiger partial charge in [-0.05, 0) is 30.3 Å². The van der Waals surface area contributed by atoms with E-state index in [-0.39, 0.29) is 11.3 Å². The molecule has 0 spiro atoms. The van der Waals surface area contributed by atoms with Gasteiger partial charge < -0.3 is 14.0 Å². The number of hydrogen-bond donors (Lipinski definition) is 1. The Labute approximate surface area is 150 Å². The molecule has 1 N–H and O–H groups in total. The van der Waals surface area contributed by atoms with Crippen molar-refractivity contribution in [2.24, 2.45) is 5.10 Å². The number of aromatic amines is 1. The molecule has 0 radical (unpaired) electrons. The molecule has 132 valence electrons. The Kier molecular flexibility index (Phi) is 3.68. The second kappa shape index (κ2) is 5.80. The Morgan fingerprint density at radius 2 is 2.12 bits per heavy atom. The summed E-state index contributed by atoms with van der Waals surface area (Å²) in [4.78, 5) is 19.7. The average molecular weight is 392 g/mol. The van der Waals surface area contributed by atoms with E-state index in [1.54, 1.807) is 18.2 Å². The van der Waals surface area contributed by atoms with Crippen LogP contribution in [0.1, 0.15) is 5.76 Å². The van der Waals surface area contributed by atoms with Gasteiger partial charge >= 0.3 is 0 Å². The highest BCUT2D eigenvalue weighted by atomic mass is 35.5. The molecule has 0 saturated heterocycles. The van der Waals surface area contributed by atoms with Gasteiger partial charge in [-0.2, -0.15) is 9.78 Å². The first-order chi connectivity index (χ1) is 12.3. The van der Waals surface area contributed by atoms with E-state index in [2.05, 4.69) is 15.1 Å². The van der Waals surface area contributed by atoms with Gasteiger partial charge in [0.15, 0.2) is 10.1 Å². The van der Waals surface area contributed by atoms with Crippen LogP contribution in [0.4, 0.5) is 0 Å². The van der Waals surface area contributed by atoms with Gasteiger partial charge in [0.05, 0.1) is 6.21 Å². The number of fused-ring (bicyclic) bond motifs is 3. The summed E-state index contributed by atoms with van der Waals surface area (Å²) < 4.78 is 38.4. The van der Waals surface area contributed by atoms with Crippen LogP contribution in [0.3, 0.4) is 0 Å². The van der Waals surface area contributed by atoms with Crippen molar-refractivity contribution in [1.82, 2.24) is 14.6 Å². The van der Waals surface area contributed by atoms with Crippen molar-refractivity contribution in [1.29, 1.82) is 0 Å². The molecule has 0 atom stereocenters. The van der Waals surface area contributed by atoms with Crippen LogP contribution in [0.15, 0.2) is 56.1 Å². The third kappa shape index (κ3) is 2.79. The number of rotatable bonds is 3. The molecule has 11 heteroatoms. The summed E-state index contributed by atoms with van der Waals surface area (Å²) >= 11 is 5.97. The van der Waals surface area contributed by atoms with Gasteiger partial charge in [-0.1, -0.05) is 11.6 Å². The van der Waals surface area contributed by atoms with Crippen LogP contribution in [0.2, 0.25) is 5.02 Å². The van der Waals surface area contributed by atoms with Gasteiger partial charge in [0.1, 0.15) is 23.1 Å². The van der Waals surface area contributed by atoms with Crippen molar-refractivity contribution >= 4 is 49.9 Å². The van der Waals surface area contributed by atoms with Crippen LogP contribution in [-0.4, -0.2) is 33.8 Å². The van der Waals surface area contributed by atoms with E-state index in [4.69, 9.17) is 16.0 Å². The molecule has 3 aromatic heterocycles. The predicted molar refractivity (Wildman–Crippen MR) is 92.5 cm³/mol. The van der Waals surface area contributed by atoms with E-state index in [0.717, 1.165) is 17.0 Å². The normalized spacial score (nSPS) is 12.5. The first-order valence-electron chi connectivity index (χ1n) is 7.11. The number of H-pyrrole nitrogens is 1. The Hall–Kier alpha value is -2.95. The minimum absolute atomic E-state index is 0.00477. The molecular formula is C15H8ClN4O5S-. The van der Waals surface area contributed by atoms with E-state index in [0.29, 0.717) is 21.4 Å². The topological polar surface area (TPSA) is 133 Å². The Balaban J connectivity index is 1.78. The Morgan fingerprint density at radius 1 is 1.31 bits per heavy atom. The summed E-state index contributed by atoms with van der Waals surface area (Å²) in [5, 5.41) is 4.38. The van der Waals surface area contributed by atoms with E-state index in [1.807, 2.05) is 0 Å². The maximum Gasteiger partial charge on any atom is 0.298 e. The summed E-state index contributed by atoms with van der Waals surface area (Å²) in [6, 6.07) is 7.38. The highest BCUT2D eigenvalue weighted by molar-refractivity contribution is 7.85. The maximum absolute atomic E-state index is 12.5. The van der Waals surface area contributed by atoms with E-state index >= 15 is 0 Å². The molecule has 4 aromatic rings. The monoisotopic (exact) mass is 391 g/mol. The standard InChI is InChI=1S/C15H9ClN4O5S/c16-8-1-3-11-10(5-8)13-14(19-11)15(21)20(7-17-13)18-6-9-2-4-12(25-9)26(22,23)24/h1-7,19H,(H,22,23,24)/p-1/b18-6-. The third-order valence-corrected chi connectivity index (χ3v) is 4.56. The lowest BCUT2D eigenvalue weighted by molar-refractivity contribution is 0.395. The van der Waals surface area contributed by atoms with Crippen molar-refractivity contribution in [3.05, 3.63) is 57.8 Å². The first-order valence-corrected chi connectivity index (χ1v) is 8.90. The molecule has 0 unspecified atom stereocenters. The van der Waals surface area contributed by atoms with Crippen LogP contribution in [0.25, 0.3) is 21.9 Å². The second-order valence-corrected chi connectivity index (χ2v) is 7.04. The van der Waals surface area contributed by atoms with Crippen molar-refractivity contribution in [2.75, 3.05) is 0 Å². The second-order valence-electron chi connectivity index (χ2n) is 5.29. The molecule has 9 nitrogen and oxygen atoms in total. The lowest BCUT2D eigenvalue weighted by Crippen LogP contribution is -2.17. The smallest absolute Gasteiger partial charge is 0.298 e. The van der Waals surface area contributed by atoms with E-state index in [9.17, 15) is 17.8 Å². The number of halogens is 1. The zero-order chi connectivity index (χ0) is 18.5. The molecule has 0 aliphatic carbocycles. The number of furan rings is 1. The number of benzene rings is 1. The van der Waals surface area contributed by atoms with Gasteiger partial charge in [0, 0.05) is 15.9 Å². The summed E-state index contributed by atoms with van der Waals surface area (Å²) in [6.07, 6.45) is 2.31. The molecule has 0 aliphatic rings. The molecule has 0 fully saturated rings. The largest absolute Gasteiger partial charge is 0.742 e. The fourth-order valence-corrected chi connectivity index (χ4v) is 3.06. The molecule has 26 heavy (non-hydrogen) atoms. The molecule has 0 amide bonds. The summed E-state index contributed by atoms with van der Waals surface area (Å²) in [5.74, 6) is -0.00477. The van der Waals surface area contributed by atoms with Crippen LogP contribution >= 0.6 is 11.6 Å². The lowest BCUT2D eigenvalue weighted by Gasteiger charge is -2.00. The van der Waals surface area contributed by atoms with Gasteiger partial charge in [0.25, 0.3) is 5.56 Å². The highest BCUT2D eigenvalue weighted by Crippen LogP contribution is 2.24. The SMILES string of the molecule is O=c1c2[nH]c3ccc(Cl)cc3c2ncn1/N=C\c1ccc(S(=O)(=O)[O-])o1. The van der Waals surface area contributed by atoms with Crippen LogP contribution < -0.4 is 5.56 Å².